The third kappa shape index (κ3) is 3.80. The summed E-state index contributed by atoms with van der Waals surface area (Å²) in [6.45, 7) is 3.90. The van der Waals surface area contributed by atoms with Crippen LogP contribution in [0.2, 0.25) is 0 Å². The van der Waals surface area contributed by atoms with Gasteiger partial charge in [-0.15, -0.1) is 0 Å². The number of rotatable bonds is 4. The topological polar surface area (TPSA) is 90.7 Å². The number of aliphatic hydroxyl groups is 1. The van der Waals surface area contributed by atoms with Crippen molar-refractivity contribution in [2.75, 3.05) is 0 Å². The fourth-order valence-corrected chi connectivity index (χ4v) is 3.87. The molecule has 0 radical (unpaired) electrons. The van der Waals surface area contributed by atoms with Gasteiger partial charge in [0, 0.05) is 24.5 Å². The first-order chi connectivity index (χ1) is 14.9. The van der Waals surface area contributed by atoms with Crippen LogP contribution in [0.3, 0.4) is 0 Å². The van der Waals surface area contributed by atoms with Crippen molar-refractivity contribution in [3.05, 3.63) is 100 Å². The van der Waals surface area contributed by atoms with Crippen molar-refractivity contribution in [3.63, 3.8) is 0 Å². The fraction of sp³-hybridized carbons (Fsp3) is 0.160. The minimum Gasteiger partial charge on any atom is -0.508 e. The molecule has 2 N–H and O–H groups in total. The summed E-state index contributed by atoms with van der Waals surface area (Å²) in [5, 5.41) is 20.9. The van der Waals surface area contributed by atoms with Crippen LogP contribution in [0.5, 0.6) is 5.75 Å². The highest BCUT2D eigenvalue weighted by molar-refractivity contribution is 6.46. The molecule has 0 spiro atoms. The molecule has 156 valence electrons. The van der Waals surface area contributed by atoms with Crippen LogP contribution in [0.25, 0.3) is 5.76 Å². The number of aryl methyl sites for hydroxylation is 2. The molecular weight excluding hydrogens is 392 g/mol. The van der Waals surface area contributed by atoms with Gasteiger partial charge in [0.15, 0.2) is 0 Å². The Bertz CT molecular complexity index is 1180. The Morgan fingerprint density at radius 1 is 1.06 bits per heavy atom. The summed E-state index contributed by atoms with van der Waals surface area (Å²) in [5.41, 5.74) is 3.66. The van der Waals surface area contributed by atoms with E-state index in [1.165, 1.54) is 17.0 Å². The minimum atomic E-state index is -0.791. The van der Waals surface area contributed by atoms with E-state index in [9.17, 15) is 19.8 Å². The maximum absolute atomic E-state index is 13.1. The Balaban J connectivity index is 1.90. The van der Waals surface area contributed by atoms with Crippen LogP contribution >= 0.6 is 0 Å². The lowest BCUT2D eigenvalue weighted by Gasteiger charge is -2.25. The Hall–Kier alpha value is -3.93. The molecule has 1 atom stereocenters. The van der Waals surface area contributed by atoms with Gasteiger partial charge in [0.25, 0.3) is 11.7 Å². The molecule has 1 fully saturated rings. The maximum atomic E-state index is 13.1. The van der Waals surface area contributed by atoms with E-state index in [1.807, 2.05) is 32.0 Å². The van der Waals surface area contributed by atoms with Gasteiger partial charge in [-0.1, -0.05) is 35.9 Å². The molecule has 1 amide bonds. The van der Waals surface area contributed by atoms with Crippen molar-refractivity contribution >= 4 is 17.4 Å². The summed E-state index contributed by atoms with van der Waals surface area (Å²) >= 11 is 0. The van der Waals surface area contributed by atoms with Crippen molar-refractivity contribution < 1.29 is 19.8 Å². The molecule has 1 unspecified atom stereocenters. The largest absolute Gasteiger partial charge is 0.508 e. The lowest BCUT2D eigenvalue weighted by atomic mass is 9.93. The van der Waals surface area contributed by atoms with E-state index < -0.39 is 17.7 Å². The summed E-state index contributed by atoms with van der Waals surface area (Å²) in [4.78, 5) is 31.6. The van der Waals surface area contributed by atoms with Gasteiger partial charge in [-0.25, -0.2) is 0 Å². The molecule has 1 aromatic heterocycles. The lowest BCUT2D eigenvalue weighted by molar-refractivity contribution is -0.140. The third-order valence-electron chi connectivity index (χ3n) is 5.47. The molecule has 2 heterocycles. The van der Waals surface area contributed by atoms with Gasteiger partial charge < -0.3 is 15.1 Å². The Morgan fingerprint density at radius 3 is 2.48 bits per heavy atom. The van der Waals surface area contributed by atoms with Gasteiger partial charge in [-0.05, 0) is 54.8 Å². The molecule has 3 aromatic rings. The third-order valence-corrected chi connectivity index (χ3v) is 5.47. The van der Waals surface area contributed by atoms with Crippen molar-refractivity contribution in [3.8, 4) is 5.75 Å². The van der Waals surface area contributed by atoms with Gasteiger partial charge in [-0.3, -0.25) is 14.6 Å². The Morgan fingerprint density at radius 2 is 1.81 bits per heavy atom. The second-order valence-corrected chi connectivity index (χ2v) is 7.70. The van der Waals surface area contributed by atoms with Gasteiger partial charge in [0.05, 0.1) is 11.6 Å². The van der Waals surface area contributed by atoms with Crippen LogP contribution in [-0.4, -0.2) is 31.8 Å². The first kappa shape index (κ1) is 20.3. The number of aromatic nitrogens is 1. The summed E-state index contributed by atoms with van der Waals surface area (Å²) in [7, 11) is 0. The number of nitrogens with zero attached hydrogens (tertiary/aromatic N) is 2. The first-order valence-corrected chi connectivity index (χ1v) is 9.90. The van der Waals surface area contributed by atoms with E-state index in [0.717, 1.165) is 16.7 Å². The fourth-order valence-electron chi connectivity index (χ4n) is 3.87. The number of hydrogen-bond donors (Lipinski definition) is 2. The van der Waals surface area contributed by atoms with Crippen LogP contribution in [0.4, 0.5) is 0 Å². The number of Topliss-reactive ketones (excluding diaryl/α,β-unsaturated/α-hetero) is 1. The predicted molar refractivity (Wildman–Crippen MR) is 116 cm³/mol. The average Bonchev–Trinajstić information content (AvgIpc) is 3.01. The smallest absolute Gasteiger partial charge is 0.295 e. The second-order valence-electron chi connectivity index (χ2n) is 7.70. The number of carbonyl (C=O) groups is 2. The molecule has 2 aromatic carbocycles. The highest BCUT2D eigenvalue weighted by atomic mass is 16.3. The van der Waals surface area contributed by atoms with E-state index in [0.29, 0.717) is 11.1 Å². The van der Waals surface area contributed by atoms with Gasteiger partial charge >= 0.3 is 0 Å². The monoisotopic (exact) mass is 414 g/mol. The number of hydrogen-bond acceptors (Lipinski definition) is 5. The molecule has 6 nitrogen and oxygen atoms in total. The maximum Gasteiger partial charge on any atom is 0.295 e. The van der Waals surface area contributed by atoms with E-state index in [2.05, 4.69) is 4.98 Å². The van der Waals surface area contributed by atoms with Crippen molar-refractivity contribution in [1.29, 1.82) is 0 Å². The summed E-state index contributed by atoms with van der Waals surface area (Å²) in [6, 6.07) is 14.7. The molecule has 1 aliphatic rings. The van der Waals surface area contributed by atoms with E-state index in [-0.39, 0.29) is 23.6 Å². The first-order valence-electron chi connectivity index (χ1n) is 9.90. The standard InChI is InChI=1S/C25H22N2O4/c1-15-5-6-16(2)20(12-15)23(29)21-22(18-7-9-19(28)10-8-18)27(25(31)24(21)30)14-17-4-3-11-26-13-17/h3-13,22,28-29H,14H2,1-2H3/b23-21+. The number of phenols is 1. The second kappa shape index (κ2) is 8.07. The molecule has 1 saturated heterocycles. The van der Waals surface area contributed by atoms with Crippen LogP contribution in [0.15, 0.2) is 72.6 Å². The molecule has 0 aliphatic carbocycles. The van der Waals surface area contributed by atoms with Crippen LogP contribution in [-0.2, 0) is 16.1 Å². The molecule has 4 rings (SSSR count). The van der Waals surface area contributed by atoms with Crippen molar-refractivity contribution in [2.45, 2.75) is 26.4 Å². The number of likely N-dealkylation sites (tertiary alicyclic amines) is 1. The zero-order valence-electron chi connectivity index (χ0n) is 17.2. The van der Waals surface area contributed by atoms with Gasteiger partial charge in [0.2, 0.25) is 0 Å². The normalized spacial score (nSPS) is 17.9. The van der Waals surface area contributed by atoms with Crippen LogP contribution in [0.1, 0.15) is 33.9 Å². The molecule has 0 saturated carbocycles. The van der Waals surface area contributed by atoms with Gasteiger partial charge in [-0.2, -0.15) is 0 Å². The number of amides is 1. The van der Waals surface area contributed by atoms with E-state index in [4.69, 9.17) is 0 Å². The number of aromatic hydroxyl groups is 1. The molecule has 6 heteroatoms. The molecular formula is C25H22N2O4. The number of benzene rings is 2. The summed E-state index contributed by atoms with van der Waals surface area (Å²) < 4.78 is 0. The minimum absolute atomic E-state index is 0.0354. The average molecular weight is 414 g/mol. The zero-order valence-corrected chi connectivity index (χ0v) is 17.2. The van der Waals surface area contributed by atoms with Gasteiger partial charge in [0.1, 0.15) is 11.5 Å². The number of phenolic OH excluding ortho intramolecular Hbond substituents is 1. The molecule has 31 heavy (non-hydrogen) atoms. The zero-order chi connectivity index (χ0) is 22.1. The summed E-state index contributed by atoms with van der Waals surface area (Å²) in [5.74, 6) is -1.55. The van der Waals surface area contributed by atoms with Crippen molar-refractivity contribution in [1.82, 2.24) is 9.88 Å². The van der Waals surface area contributed by atoms with E-state index >= 15 is 0 Å². The Kier molecular flexibility index (Phi) is 5.29. The number of ketones is 1. The van der Waals surface area contributed by atoms with Crippen molar-refractivity contribution in [2.24, 2.45) is 0 Å². The number of aliphatic hydroxyl groups excluding tert-OH is 1. The lowest BCUT2D eigenvalue weighted by Crippen LogP contribution is -2.29. The Labute approximate surface area is 180 Å². The predicted octanol–water partition coefficient (Wildman–Crippen LogP) is 4.03. The van der Waals surface area contributed by atoms with Crippen LogP contribution in [0, 0.1) is 13.8 Å². The van der Waals surface area contributed by atoms with E-state index in [1.54, 1.807) is 36.7 Å². The number of pyridine rings is 1. The molecule has 1 aliphatic heterocycles. The summed E-state index contributed by atoms with van der Waals surface area (Å²) in [6.07, 6.45) is 3.27. The quantitative estimate of drug-likeness (QED) is 0.382. The number of carbonyl (C=O) groups excluding carboxylic acids is 2. The van der Waals surface area contributed by atoms with Crippen LogP contribution < -0.4 is 0 Å². The SMILES string of the molecule is Cc1ccc(C)c(/C(O)=C2\C(=O)C(=O)N(Cc3cccnc3)C2c2ccc(O)cc2)c1. The highest BCUT2D eigenvalue weighted by Crippen LogP contribution is 2.41. The molecule has 0 bridgehead atoms. The highest BCUT2D eigenvalue weighted by Gasteiger charge is 2.46.